The molecule has 0 aromatic carbocycles. The minimum atomic E-state index is -0.981. The molecule has 0 amide bonds. The number of nitrogens with one attached hydrogen (secondary N) is 1. The van der Waals surface area contributed by atoms with Gasteiger partial charge in [0.25, 0.3) is 0 Å². The molecule has 5 nitrogen and oxygen atoms in total. The minimum absolute atomic E-state index is 0.253. The minimum Gasteiger partial charge on any atom is -0.480 e. The lowest BCUT2D eigenvalue weighted by Crippen LogP contribution is -2.42. The third kappa shape index (κ3) is 4.29. The second kappa shape index (κ2) is 5.70. The highest BCUT2D eigenvalue weighted by Crippen LogP contribution is 2.13. The summed E-state index contributed by atoms with van der Waals surface area (Å²) in [5, 5.41) is 11.6. The highest BCUT2D eigenvalue weighted by Gasteiger charge is 2.13. The second-order valence-electron chi connectivity index (χ2n) is 4.09. The highest BCUT2D eigenvalue weighted by atomic mass is 16.4. The Morgan fingerprint density at radius 2 is 2.47 bits per heavy atom. The molecule has 0 aromatic rings. The van der Waals surface area contributed by atoms with Gasteiger partial charge in [-0.05, 0) is 18.8 Å². The van der Waals surface area contributed by atoms with Gasteiger partial charge < -0.3 is 16.2 Å². The van der Waals surface area contributed by atoms with Crippen LogP contribution in [-0.4, -0.2) is 36.0 Å². The largest absolute Gasteiger partial charge is 0.480 e. The molecule has 1 heterocycles. The third-order valence-electron chi connectivity index (χ3n) is 2.64. The summed E-state index contributed by atoms with van der Waals surface area (Å²) < 4.78 is 0. The zero-order valence-electron chi connectivity index (χ0n) is 9.07. The molecule has 0 saturated heterocycles. The molecule has 0 aliphatic carbocycles. The lowest BCUT2D eigenvalue weighted by Gasteiger charge is -2.11. The lowest BCUT2D eigenvalue weighted by molar-refractivity contribution is -0.138. The van der Waals surface area contributed by atoms with Crippen molar-refractivity contribution in [3.05, 3.63) is 0 Å². The van der Waals surface area contributed by atoms with E-state index in [0.29, 0.717) is 5.92 Å². The molecule has 4 N–H and O–H groups in total. The van der Waals surface area contributed by atoms with Gasteiger partial charge in [-0.1, -0.05) is 6.92 Å². The van der Waals surface area contributed by atoms with Crippen LogP contribution in [-0.2, 0) is 4.79 Å². The molecule has 0 saturated carbocycles. The van der Waals surface area contributed by atoms with Crippen molar-refractivity contribution < 1.29 is 9.90 Å². The standard InChI is InChI=1S/C10H19N3O2/c1-7-2-3-9(12-5-4-7)13-6-8(11)10(14)15/h7-8H,2-6,11H2,1H3,(H,12,13)(H,14,15). The van der Waals surface area contributed by atoms with Crippen LogP contribution in [0.3, 0.4) is 0 Å². The molecule has 86 valence electrons. The van der Waals surface area contributed by atoms with Crippen LogP contribution in [0.25, 0.3) is 0 Å². The van der Waals surface area contributed by atoms with Crippen LogP contribution in [0.4, 0.5) is 0 Å². The third-order valence-corrected chi connectivity index (χ3v) is 2.64. The van der Waals surface area contributed by atoms with E-state index in [0.717, 1.165) is 31.6 Å². The van der Waals surface area contributed by atoms with Crippen molar-refractivity contribution in [3.8, 4) is 0 Å². The Morgan fingerprint density at radius 1 is 1.73 bits per heavy atom. The molecule has 1 aliphatic heterocycles. The fraction of sp³-hybridized carbons (Fsp3) is 0.800. The van der Waals surface area contributed by atoms with Crippen molar-refractivity contribution in [3.63, 3.8) is 0 Å². The van der Waals surface area contributed by atoms with E-state index in [2.05, 4.69) is 17.2 Å². The molecule has 2 atom stereocenters. The van der Waals surface area contributed by atoms with Gasteiger partial charge in [0, 0.05) is 19.5 Å². The zero-order chi connectivity index (χ0) is 11.3. The van der Waals surface area contributed by atoms with Crippen molar-refractivity contribution in [1.29, 1.82) is 0 Å². The first kappa shape index (κ1) is 12.0. The summed E-state index contributed by atoms with van der Waals surface area (Å²) in [6, 6.07) is -0.853. The van der Waals surface area contributed by atoms with Gasteiger partial charge in [0.2, 0.25) is 0 Å². The van der Waals surface area contributed by atoms with Crippen LogP contribution in [0.15, 0.2) is 4.99 Å². The lowest BCUT2D eigenvalue weighted by atomic mass is 10.0. The van der Waals surface area contributed by atoms with Gasteiger partial charge in [-0.2, -0.15) is 0 Å². The monoisotopic (exact) mass is 213 g/mol. The summed E-state index contributed by atoms with van der Waals surface area (Å²) in [5.41, 5.74) is 5.38. The molecule has 0 radical (unpaired) electrons. The molecule has 0 fully saturated rings. The van der Waals surface area contributed by atoms with Crippen LogP contribution in [0, 0.1) is 5.92 Å². The summed E-state index contributed by atoms with van der Waals surface area (Å²) in [6.45, 7) is 3.29. The normalized spacial score (nSPS) is 23.9. The maximum Gasteiger partial charge on any atom is 0.322 e. The first-order chi connectivity index (χ1) is 7.09. The van der Waals surface area contributed by atoms with E-state index in [-0.39, 0.29) is 6.54 Å². The predicted molar refractivity (Wildman–Crippen MR) is 58.9 cm³/mol. The number of rotatable bonds is 3. The summed E-state index contributed by atoms with van der Waals surface area (Å²) in [5.74, 6) is 0.613. The molecule has 1 aliphatic rings. The smallest absolute Gasteiger partial charge is 0.322 e. The topological polar surface area (TPSA) is 87.7 Å². The van der Waals surface area contributed by atoms with E-state index in [4.69, 9.17) is 10.8 Å². The Kier molecular flexibility index (Phi) is 4.55. The van der Waals surface area contributed by atoms with Gasteiger partial charge in [-0.15, -0.1) is 0 Å². The number of amidine groups is 1. The first-order valence-electron chi connectivity index (χ1n) is 5.35. The number of nitrogens with zero attached hydrogens (tertiary/aromatic N) is 1. The van der Waals surface area contributed by atoms with Gasteiger partial charge in [0.1, 0.15) is 6.04 Å². The van der Waals surface area contributed by atoms with Gasteiger partial charge in [0.05, 0.1) is 5.84 Å². The number of aliphatic carboxylic acids is 1. The average molecular weight is 213 g/mol. The molecule has 0 aromatic heterocycles. The highest BCUT2D eigenvalue weighted by molar-refractivity contribution is 5.83. The molecule has 15 heavy (non-hydrogen) atoms. The summed E-state index contributed by atoms with van der Waals surface area (Å²) in [7, 11) is 0. The van der Waals surface area contributed by atoms with E-state index >= 15 is 0 Å². The second-order valence-corrected chi connectivity index (χ2v) is 4.09. The molecular weight excluding hydrogens is 194 g/mol. The van der Waals surface area contributed by atoms with Gasteiger partial charge in [-0.3, -0.25) is 9.79 Å². The van der Waals surface area contributed by atoms with Crippen LogP contribution in [0.2, 0.25) is 0 Å². The number of aliphatic imine (C=N–C) groups is 1. The van der Waals surface area contributed by atoms with Crippen molar-refractivity contribution in [1.82, 2.24) is 5.32 Å². The first-order valence-corrected chi connectivity index (χ1v) is 5.35. The van der Waals surface area contributed by atoms with Crippen LogP contribution < -0.4 is 11.1 Å². The van der Waals surface area contributed by atoms with E-state index in [1.807, 2.05) is 0 Å². The Balaban J connectivity index is 2.32. The summed E-state index contributed by atoms with van der Waals surface area (Å²) in [4.78, 5) is 14.8. The quantitative estimate of drug-likeness (QED) is 0.625. The van der Waals surface area contributed by atoms with E-state index in [1.54, 1.807) is 0 Å². The average Bonchev–Trinajstić information content (AvgIpc) is 2.39. The Morgan fingerprint density at radius 3 is 3.13 bits per heavy atom. The van der Waals surface area contributed by atoms with Crippen LogP contribution in [0.5, 0.6) is 0 Å². The molecule has 5 heteroatoms. The van der Waals surface area contributed by atoms with Gasteiger partial charge in [-0.25, -0.2) is 0 Å². The number of carboxylic acids is 1. The summed E-state index contributed by atoms with van der Waals surface area (Å²) >= 11 is 0. The fourth-order valence-corrected chi connectivity index (χ4v) is 1.49. The van der Waals surface area contributed by atoms with E-state index in [1.165, 1.54) is 0 Å². The zero-order valence-corrected chi connectivity index (χ0v) is 9.07. The Hall–Kier alpha value is -1.10. The predicted octanol–water partition coefficient (Wildman–Crippen LogP) is 0.206. The van der Waals surface area contributed by atoms with Gasteiger partial charge in [0.15, 0.2) is 0 Å². The summed E-state index contributed by atoms with van der Waals surface area (Å²) in [6.07, 6.45) is 3.11. The SMILES string of the molecule is CC1CCN=C(NCC(N)C(=O)O)CC1. The van der Waals surface area contributed by atoms with Crippen molar-refractivity contribution >= 4 is 11.8 Å². The van der Waals surface area contributed by atoms with Crippen LogP contribution >= 0.6 is 0 Å². The van der Waals surface area contributed by atoms with Crippen molar-refractivity contribution in [2.75, 3.05) is 13.1 Å². The number of nitrogens with two attached hydrogens (primary N) is 1. The number of carbonyl (C=O) groups is 1. The maximum atomic E-state index is 10.5. The number of hydrogen-bond acceptors (Lipinski definition) is 4. The Labute approximate surface area is 89.8 Å². The van der Waals surface area contributed by atoms with Crippen LogP contribution in [0.1, 0.15) is 26.2 Å². The molecule has 1 rings (SSSR count). The van der Waals surface area contributed by atoms with Crippen molar-refractivity contribution in [2.24, 2.45) is 16.6 Å². The van der Waals surface area contributed by atoms with E-state index < -0.39 is 12.0 Å². The van der Waals surface area contributed by atoms with Crippen molar-refractivity contribution in [2.45, 2.75) is 32.2 Å². The molecule has 0 spiro atoms. The maximum absolute atomic E-state index is 10.5. The fourth-order valence-electron chi connectivity index (χ4n) is 1.49. The van der Waals surface area contributed by atoms with E-state index in [9.17, 15) is 4.79 Å². The Bertz CT molecular complexity index is 253. The number of carboxylic acid groups (broad SMARTS) is 1. The number of hydrogen-bond donors (Lipinski definition) is 3. The van der Waals surface area contributed by atoms with Gasteiger partial charge >= 0.3 is 5.97 Å². The molecule has 0 bridgehead atoms. The molecule has 2 unspecified atom stereocenters. The molecular formula is C10H19N3O2.